The molecule has 1 aliphatic heterocycles. The van der Waals surface area contributed by atoms with Crippen molar-refractivity contribution in [2.45, 2.75) is 32.6 Å². The van der Waals surface area contributed by atoms with Gasteiger partial charge in [0.05, 0.1) is 0 Å². The van der Waals surface area contributed by atoms with Gasteiger partial charge in [0, 0.05) is 43.4 Å². The highest BCUT2D eigenvalue weighted by molar-refractivity contribution is 5.93. The predicted molar refractivity (Wildman–Crippen MR) is 138 cm³/mol. The number of hydrogen-bond donors (Lipinski definition) is 0. The molecule has 0 unspecified atom stereocenters. The molecule has 0 bridgehead atoms. The average molecular weight is 494 g/mol. The minimum Gasteiger partial charge on any atom is -0.419 e. The highest BCUT2D eigenvalue weighted by Crippen LogP contribution is 2.30. The summed E-state index contributed by atoms with van der Waals surface area (Å²) in [4.78, 5) is 21.3. The summed E-state index contributed by atoms with van der Waals surface area (Å²) in [5, 5.41) is 13.7. The Bertz CT molecular complexity index is 1490. The van der Waals surface area contributed by atoms with Gasteiger partial charge in [-0.1, -0.05) is 35.0 Å². The Balaban J connectivity index is 1.13. The SMILES string of the molecule is Cc1ccc(-c2nc(C#N)c(N3CCN(C(=O)c4cc(-c5ccc6c(c5)CCCC6)on4)CC3)o2)cc1. The van der Waals surface area contributed by atoms with Gasteiger partial charge in [-0.15, -0.1) is 0 Å². The summed E-state index contributed by atoms with van der Waals surface area (Å²) < 4.78 is 11.6. The fourth-order valence-corrected chi connectivity index (χ4v) is 5.09. The number of aryl methyl sites for hydroxylation is 3. The van der Waals surface area contributed by atoms with E-state index >= 15 is 0 Å². The van der Waals surface area contributed by atoms with E-state index in [1.807, 2.05) is 42.2 Å². The number of amides is 1. The summed E-state index contributed by atoms with van der Waals surface area (Å²) in [5.74, 6) is 1.31. The molecule has 0 atom stereocenters. The van der Waals surface area contributed by atoms with Gasteiger partial charge in [-0.2, -0.15) is 10.2 Å². The van der Waals surface area contributed by atoms with Gasteiger partial charge in [0.15, 0.2) is 11.5 Å². The van der Waals surface area contributed by atoms with Crippen LogP contribution in [0.25, 0.3) is 22.8 Å². The molecule has 0 N–H and O–H groups in total. The number of carbonyl (C=O) groups excluding carboxylic acids is 1. The molecule has 2 aromatic heterocycles. The Morgan fingerprint density at radius 3 is 2.43 bits per heavy atom. The number of oxazole rings is 1. The maximum atomic E-state index is 13.2. The van der Waals surface area contributed by atoms with Crippen LogP contribution in [-0.2, 0) is 12.8 Å². The molecule has 0 spiro atoms. The van der Waals surface area contributed by atoms with Gasteiger partial charge in [0.25, 0.3) is 5.91 Å². The van der Waals surface area contributed by atoms with Crippen LogP contribution in [0.3, 0.4) is 0 Å². The molecule has 8 nitrogen and oxygen atoms in total. The third-order valence-corrected chi connectivity index (χ3v) is 7.23. The Kier molecular flexibility index (Phi) is 5.97. The van der Waals surface area contributed by atoms with Crippen molar-refractivity contribution in [3.63, 3.8) is 0 Å². The van der Waals surface area contributed by atoms with Gasteiger partial charge in [0.1, 0.15) is 6.07 Å². The third kappa shape index (κ3) is 4.49. The second-order valence-corrected chi connectivity index (χ2v) is 9.70. The highest BCUT2D eigenvalue weighted by atomic mass is 16.5. The molecule has 2 aliphatic rings. The topological polar surface area (TPSA) is 99.4 Å². The minimum atomic E-state index is -0.161. The average Bonchev–Trinajstić information content (AvgIpc) is 3.61. The van der Waals surface area contributed by atoms with E-state index in [9.17, 15) is 10.1 Å². The summed E-state index contributed by atoms with van der Waals surface area (Å²) in [6.07, 6.45) is 4.65. The van der Waals surface area contributed by atoms with E-state index < -0.39 is 0 Å². The zero-order valence-electron chi connectivity index (χ0n) is 20.7. The fourth-order valence-electron chi connectivity index (χ4n) is 5.09. The third-order valence-electron chi connectivity index (χ3n) is 7.23. The van der Waals surface area contributed by atoms with Gasteiger partial charge in [-0.05, 0) is 61.9 Å². The Morgan fingerprint density at radius 1 is 0.946 bits per heavy atom. The molecule has 1 aliphatic carbocycles. The first-order chi connectivity index (χ1) is 18.1. The van der Waals surface area contributed by atoms with E-state index in [0.717, 1.165) is 29.5 Å². The van der Waals surface area contributed by atoms with E-state index in [1.165, 1.54) is 24.0 Å². The van der Waals surface area contributed by atoms with Crippen LogP contribution in [0.2, 0.25) is 0 Å². The number of fused-ring (bicyclic) bond motifs is 1. The van der Waals surface area contributed by atoms with Crippen molar-refractivity contribution in [1.29, 1.82) is 5.26 Å². The first-order valence-corrected chi connectivity index (χ1v) is 12.7. The van der Waals surface area contributed by atoms with E-state index in [2.05, 4.69) is 28.3 Å². The molecule has 1 amide bonds. The second-order valence-electron chi connectivity index (χ2n) is 9.70. The summed E-state index contributed by atoms with van der Waals surface area (Å²) in [7, 11) is 0. The molecular formula is C29H27N5O3. The number of carbonyl (C=O) groups is 1. The van der Waals surface area contributed by atoms with Crippen LogP contribution >= 0.6 is 0 Å². The van der Waals surface area contributed by atoms with Crippen molar-refractivity contribution >= 4 is 11.8 Å². The number of benzene rings is 2. The maximum absolute atomic E-state index is 13.2. The van der Waals surface area contributed by atoms with E-state index in [0.29, 0.717) is 49.4 Å². The van der Waals surface area contributed by atoms with Crippen LogP contribution in [0, 0.1) is 18.3 Å². The number of rotatable bonds is 4. The first-order valence-electron chi connectivity index (χ1n) is 12.7. The number of nitrogens with zero attached hydrogens (tertiary/aromatic N) is 5. The van der Waals surface area contributed by atoms with Gasteiger partial charge < -0.3 is 18.7 Å². The van der Waals surface area contributed by atoms with E-state index in [-0.39, 0.29) is 11.6 Å². The van der Waals surface area contributed by atoms with Crippen molar-refractivity contribution in [3.8, 4) is 28.8 Å². The van der Waals surface area contributed by atoms with Gasteiger partial charge in [0.2, 0.25) is 17.5 Å². The molecule has 4 aromatic rings. The smallest absolute Gasteiger partial charge is 0.276 e. The predicted octanol–water partition coefficient (Wildman–Crippen LogP) is 5.02. The molecule has 0 saturated carbocycles. The van der Waals surface area contributed by atoms with Crippen molar-refractivity contribution in [2.24, 2.45) is 0 Å². The number of hydrogen-bond acceptors (Lipinski definition) is 7. The molecule has 0 radical (unpaired) electrons. The molecule has 3 heterocycles. The van der Waals surface area contributed by atoms with E-state index in [4.69, 9.17) is 8.94 Å². The summed E-state index contributed by atoms with van der Waals surface area (Å²) in [6.45, 7) is 4.02. The monoisotopic (exact) mass is 493 g/mol. The van der Waals surface area contributed by atoms with Crippen LogP contribution in [0.5, 0.6) is 0 Å². The number of aromatic nitrogens is 2. The Hall–Kier alpha value is -4.38. The first kappa shape index (κ1) is 23.0. The lowest BCUT2D eigenvalue weighted by molar-refractivity contribution is 0.0735. The lowest BCUT2D eigenvalue weighted by Gasteiger charge is -2.34. The Morgan fingerprint density at radius 2 is 1.68 bits per heavy atom. The van der Waals surface area contributed by atoms with Crippen LogP contribution in [0.1, 0.15) is 45.7 Å². The lowest BCUT2D eigenvalue weighted by Crippen LogP contribution is -2.49. The largest absolute Gasteiger partial charge is 0.419 e. The van der Waals surface area contributed by atoms with Gasteiger partial charge in [-0.3, -0.25) is 4.79 Å². The quantitative estimate of drug-likeness (QED) is 0.394. The van der Waals surface area contributed by atoms with Crippen LogP contribution < -0.4 is 4.90 Å². The van der Waals surface area contributed by atoms with Crippen LogP contribution in [0.4, 0.5) is 5.88 Å². The normalized spacial score (nSPS) is 15.4. The zero-order chi connectivity index (χ0) is 25.4. The molecule has 186 valence electrons. The van der Waals surface area contributed by atoms with Crippen LogP contribution in [-0.4, -0.2) is 47.1 Å². The Labute approximate surface area is 215 Å². The second kappa shape index (κ2) is 9.58. The molecular weight excluding hydrogens is 466 g/mol. The molecule has 1 fully saturated rings. The summed E-state index contributed by atoms with van der Waals surface area (Å²) in [6, 6.07) is 18.1. The summed E-state index contributed by atoms with van der Waals surface area (Å²) in [5.41, 5.74) is 6.24. The molecule has 2 aromatic carbocycles. The highest BCUT2D eigenvalue weighted by Gasteiger charge is 2.28. The van der Waals surface area contributed by atoms with Crippen molar-refractivity contribution < 1.29 is 13.7 Å². The molecule has 37 heavy (non-hydrogen) atoms. The standard InChI is InChI=1S/C29H27N5O3/c1-19-6-8-21(9-7-19)27-31-25(18-30)29(36-27)34-14-12-33(13-15-34)28(35)24-17-26(37-32-24)23-11-10-20-4-2-3-5-22(20)16-23/h6-11,16-17H,2-5,12-15H2,1H3. The van der Waals surface area contributed by atoms with E-state index in [1.54, 1.807) is 11.0 Å². The maximum Gasteiger partial charge on any atom is 0.276 e. The zero-order valence-corrected chi connectivity index (χ0v) is 20.7. The number of piperazine rings is 1. The van der Waals surface area contributed by atoms with Gasteiger partial charge in [-0.25, -0.2) is 0 Å². The number of anilines is 1. The molecule has 1 saturated heterocycles. The minimum absolute atomic E-state index is 0.161. The van der Waals surface area contributed by atoms with Gasteiger partial charge >= 0.3 is 0 Å². The lowest BCUT2D eigenvalue weighted by atomic mass is 9.90. The summed E-state index contributed by atoms with van der Waals surface area (Å²) >= 11 is 0. The van der Waals surface area contributed by atoms with Crippen molar-refractivity contribution in [3.05, 3.63) is 76.6 Å². The van der Waals surface area contributed by atoms with Crippen molar-refractivity contribution in [2.75, 3.05) is 31.1 Å². The fraction of sp³-hybridized carbons (Fsp3) is 0.310. The van der Waals surface area contributed by atoms with Crippen molar-refractivity contribution in [1.82, 2.24) is 15.0 Å². The molecule has 6 rings (SSSR count). The number of nitriles is 1. The van der Waals surface area contributed by atoms with Crippen LogP contribution in [0.15, 0.2) is 57.5 Å². The molecule has 8 heteroatoms.